The van der Waals surface area contributed by atoms with Gasteiger partial charge in [-0.25, -0.2) is 0 Å². The third-order valence-corrected chi connectivity index (χ3v) is 13.3. The number of anilines is 3. The summed E-state index contributed by atoms with van der Waals surface area (Å²) in [6.07, 6.45) is 0. The third-order valence-electron chi connectivity index (χ3n) is 13.3. The van der Waals surface area contributed by atoms with Gasteiger partial charge in [-0.2, -0.15) is 0 Å². The van der Waals surface area contributed by atoms with Crippen LogP contribution in [-0.2, 0) is 5.41 Å². The van der Waals surface area contributed by atoms with Gasteiger partial charge in [0.2, 0.25) is 0 Å². The predicted octanol–water partition coefficient (Wildman–Crippen LogP) is 15.9. The molecule has 284 valence electrons. The van der Waals surface area contributed by atoms with Gasteiger partial charge >= 0.3 is 0 Å². The molecular formula is C59H37NO. The molecule has 0 amide bonds. The number of nitrogens with zero attached hydrogens (tertiary/aromatic N) is 1. The van der Waals surface area contributed by atoms with E-state index in [4.69, 9.17) is 4.42 Å². The van der Waals surface area contributed by atoms with Crippen LogP contribution < -0.4 is 4.90 Å². The van der Waals surface area contributed by atoms with Crippen LogP contribution in [0.25, 0.3) is 77.2 Å². The Labute approximate surface area is 354 Å². The lowest BCUT2D eigenvalue weighted by Gasteiger charge is -2.33. The Bertz CT molecular complexity index is 3460. The number of benzene rings is 10. The molecule has 2 aliphatic rings. The minimum atomic E-state index is -0.466. The summed E-state index contributed by atoms with van der Waals surface area (Å²) >= 11 is 0. The maximum atomic E-state index is 6.85. The highest BCUT2D eigenvalue weighted by Crippen LogP contribution is 2.63. The molecule has 1 heterocycles. The Morgan fingerprint density at radius 1 is 0.328 bits per heavy atom. The van der Waals surface area contributed by atoms with Crippen LogP contribution in [0.2, 0.25) is 0 Å². The van der Waals surface area contributed by atoms with Crippen LogP contribution in [0.3, 0.4) is 0 Å². The van der Waals surface area contributed by atoms with Crippen LogP contribution >= 0.6 is 0 Å². The standard InChI is InChI=1S/C59H37NO/c1-3-15-38(16-4-1)39-27-30-42(31-28-39)60(56-36-51-49-33-29-41-19-7-8-20-44(41)58(49)61-57(51)37-50(56)40-17-5-2-6-18-40)43-32-34-48-47-23-11-14-26-54(47)59(55(48)35-43)52-24-12-9-21-45(52)46-22-10-13-25-53(46)59/h1-37H. The molecule has 2 aliphatic carbocycles. The van der Waals surface area contributed by atoms with Gasteiger partial charge in [-0.3, -0.25) is 0 Å². The Morgan fingerprint density at radius 3 is 1.54 bits per heavy atom. The molecule has 13 rings (SSSR count). The van der Waals surface area contributed by atoms with E-state index in [1.807, 2.05) is 0 Å². The lowest BCUT2D eigenvalue weighted by molar-refractivity contribution is 0.673. The van der Waals surface area contributed by atoms with E-state index in [9.17, 15) is 0 Å². The minimum Gasteiger partial charge on any atom is -0.455 e. The van der Waals surface area contributed by atoms with E-state index in [-0.39, 0.29) is 0 Å². The fourth-order valence-electron chi connectivity index (χ4n) is 10.7. The molecule has 0 saturated carbocycles. The molecule has 11 aromatic rings. The average molecular weight is 776 g/mol. The highest BCUT2D eigenvalue weighted by molar-refractivity contribution is 6.17. The first kappa shape index (κ1) is 34.0. The van der Waals surface area contributed by atoms with Crippen molar-refractivity contribution in [3.63, 3.8) is 0 Å². The van der Waals surface area contributed by atoms with Crippen molar-refractivity contribution >= 4 is 49.8 Å². The first-order chi connectivity index (χ1) is 30.3. The lowest BCUT2D eigenvalue weighted by atomic mass is 9.70. The minimum absolute atomic E-state index is 0.466. The van der Waals surface area contributed by atoms with Gasteiger partial charge in [-0.1, -0.05) is 182 Å². The molecule has 0 fully saturated rings. The topological polar surface area (TPSA) is 16.4 Å². The molecule has 0 N–H and O–H groups in total. The Hall–Kier alpha value is -7.94. The van der Waals surface area contributed by atoms with Crippen molar-refractivity contribution in [3.8, 4) is 44.5 Å². The van der Waals surface area contributed by atoms with Crippen molar-refractivity contribution in [3.05, 3.63) is 247 Å². The van der Waals surface area contributed by atoms with Gasteiger partial charge in [0.05, 0.1) is 11.1 Å². The summed E-state index contributed by atoms with van der Waals surface area (Å²) < 4.78 is 6.85. The fraction of sp³-hybridized carbons (Fsp3) is 0.0169. The molecule has 1 aromatic heterocycles. The second kappa shape index (κ2) is 13.0. The second-order valence-corrected chi connectivity index (χ2v) is 16.4. The average Bonchev–Trinajstić information content (AvgIpc) is 3.96. The normalized spacial score (nSPS) is 13.0. The molecule has 0 bridgehead atoms. The molecule has 2 heteroatoms. The molecule has 0 aliphatic heterocycles. The summed E-state index contributed by atoms with van der Waals surface area (Å²) in [6, 6.07) is 82.3. The van der Waals surface area contributed by atoms with Gasteiger partial charge in [0.1, 0.15) is 11.2 Å². The van der Waals surface area contributed by atoms with Crippen LogP contribution in [-0.4, -0.2) is 0 Å². The molecule has 0 unspecified atom stereocenters. The van der Waals surface area contributed by atoms with Crippen molar-refractivity contribution in [1.82, 2.24) is 0 Å². The van der Waals surface area contributed by atoms with E-state index < -0.39 is 5.41 Å². The van der Waals surface area contributed by atoms with E-state index in [2.05, 4.69) is 229 Å². The smallest absolute Gasteiger partial charge is 0.143 e. The molecule has 1 spiro atoms. The second-order valence-electron chi connectivity index (χ2n) is 16.4. The molecule has 0 radical (unpaired) electrons. The Morgan fingerprint density at radius 2 is 0.869 bits per heavy atom. The maximum Gasteiger partial charge on any atom is 0.143 e. The van der Waals surface area contributed by atoms with Crippen molar-refractivity contribution in [2.45, 2.75) is 5.41 Å². The Kier molecular flexibility index (Phi) is 7.26. The number of furan rings is 1. The van der Waals surface area contributed by atoms with Crippen LogP contribution in [0.1, 0.15) is 22.3 Å². The molecule has 2 nitrogen and oxygen atoms in total. The van der Waals surface area contributed by atoms with E-state index in [1.54, 1.807) is 0 Å². The fourth-order valence-corrected chi connectivity index (χ4v) is 10.7. The first-order valence-electron chi connectivity index (χ1n) is 21.1. The van der Waals surface area contributed by atoms with E-state index in [1.165, 1.54) is 61.0 Å². The van der Waals surface area contributed by atoms with Crippen LogP contribution in [0, 0.1) is 0 Å². The van der Waals surface area contributed by atoms with Gasteiger partial charge in [-0.05, 0) is 109 Å². The third kappa shape index (κ3) is 4.85. The van der Waals surface area contributed by atoms with Crippen molar-refractivity contribution in [2.75, 3.05) is 4.90 Å². The van der Waals surface area contributed by atoms with Gasteiger partial charge in [0.15, 0.2) is 0 Å². The molecule has 10 aromatic carbocycles. The quantitative estimate of drug-likeness (QED) is 0.173. The number of hydrogen-bond acceptors (Lipinski definition) is 2. The SMILES string of the molecule is c1ccc(-c2ccc(N(c3ccc4c(c3)C3(c5ccccc5-c5ccccc53)c3ccccc3-4)c3cc4c(cc3-c3ccccc3)oc3c5ccccc5ccc43)cc2)cc1. The van der Waals surface area contributed by atoms with Crippen molar-refractivity contribution in [2.24, 2.45) is 0 Å². The summed E-state index contributed by atoms with van der Waals surface area (Å²) in [6.45, 7) is 0. The highest BCUT2D eigenvalue weighted by Gasteiger charge is 2.51. The number of hydrogen-bond donors (Lipinski definition) is 0. The maximum absolute atomic E-state index is 6.85. The van der Waals surface area contributed by atoms with Crippen LogP contribution in [0.15, 0.2) is 229 Å². The summed E-state index contributed by atoms with van der Waals surface area (Å²) in [4.78, 5) is 2.47. The zero-order valence-electron chi connectivity index (χ0n) is 33.2. The van der Waals surface area contributed by atoms with E-state index in [0.29, 0.717) is 0 Å². The van der Waals surface area contributed by atoms with Crippen molar-refractivity contribution in [1.29, 1.82) is 0 Å². The largest absolute Gasteiger partial charge is 0.455 e. The van der Waals surface area contributed by atoms with Crippen molar-refractivity contribution < 1.29 is 4.42 Å². The lowest BCUT2D eigenvalue weighted by Crippen LogP contribution is -2.26. The monoisotopic (exact) mass is 775 g/mol. The summed E-state index contributed by atoms with van der Waals surface area (Å²) in [5.74, 6) is 0. The highest BCUT2D eigenvalue weighted by atomic mass is 16.3. The molecular weight excluding hydrogens is 739 g/mol. The van der Waals surface area contributed by atoms with Gasteiger partial charge in [0.25, 0.3) is 0 Å². The summed E-state index contributed by atoms with van der Waals surface area (Å²) in [5, 5.41) is 4.48. The summed E-state index contributed by atoms with van der Waals surface area (Å²) in [7, 11) is 0. The Balaban J connectivity index is 1.11. The van der Waals surface area contributed by atoms with E-state index in [0.717, 1.165) is 55.5 Å². The molecule has 0 atom stereocenters. The first-order valence-corrected chi connectivity index (χ1v) is 21.1. The number of fused-ring (bicyclic) bond motifs is 15. The molecule has 0 saturated heterocycles. The van der Waals surface area contributed by atoms with Gasteiger partial charge < -0.3 is 9.32 Å². The number of rotatable bonds is 5. The van der Waals surface area contributed by atoms with Crippen LogP contribution in [0.5, 0.6) is 0 Å². The summed E-state index contributed by atoms with van der Waals surface area (Å²) in [5.41, 5.74) is 19.6. The van der Waals surface area contributed by atoms with Gasteiger partial charge in [0, 0.05) is 33.1 Å². The van der Waals surface area contributed by atoms with Crippen LogP contribution in [0.4, 0.5) is 17.1 Å². The zero-order valence-corrected chi connectivity index (χ0v) is 33.2. The van der Waals surface area contributed by atoms with Gasteiger partial charge in [-0.15, -0.1) is 0 Å². The predicted molar refractivity (Wildman–Crippen MR) is 253 cm³/mol. The molecule has 61 heavy (non-hydrogen) atoms. The van der Waals surface area contributed by atoms with E-state index >= 15 is 0 Å². The zero-order chi connectivity index (χ0) is 40.1.